The number of hydrogen-bond acceptors (Lipinski definition) is 3. The van der Waals surface area contributed by atoms with Crippen LogP contribution in [0.3, 0.4) is 0 Å². The molecule has 0 amide bonds. The molecule has 0 atom stereocenters. The van der Waals surface area contributed by atoms with Gasteiger partial charge in [-0.3, -0.25) is 0 Å². The fraction of sp³-hybridized carbons (Fsp3) is 0.700. The normalized spacial score (nSPS) is 10.8. The van der Waals surface area contributed by atoms with Crippen LogP contribution in [0.1, 0.15) is 12.2 Å². The van der Waals surface area contributed by atoms with E-state index in [4.69, 9.17) is 21.1 Å². The third-order valence-electron chi connectivity index (χ3n) is 2.04. The molecule has 0 bridgehead atoms. The number of methoxy groups -OCH3 is 1. The first-order valence-corrected chi connectivity index (χ1v) is 5.54. The summed E-state index contributed by atoms with van der Waals surface area (Å²) in [7, 11) is 1.67. The number of rotatable bonds is 8. The molecule has 5 heteroatoms. The lowest BCUT2D eigenvalue weighted by atomic mass is 10.4. The van der Waals surface area contributed by atoms with Crippen LogP contribution in [0.25, 0.3) is 0 Å². The first kappa shape index (κ1) is 12.5. The molecular formula is C10H17ClN2O2. The third-order valence-corrected chi connectivity index (χ3v) is 2.28. The second-order valence-electron chi connectivity index (χ2n) is 3.13. The maximum absolute atomic E-state index is 5.72. The van der Waals surface area contributed by atoms with E-state index in [1.807, 2.05) is 10.8 Å². The Hall–Kier alpha value is -0.580. The number of nitrogens with zero attached hydrogens (tertiary/aromatic N) is 2. The van der Waals surface area contributed by atoms with Gasteiger partial charge in [-0.2, -0.15) is 0 Å². The van der Waals surface area contributed by atoms with Gasteiger partial charge in [0, 0.05) is 32.7 Å². The number of hydrogen-bond donors (Lipinski definition) is 0. The number of ether oxygens (including phenoxy) is 2. The minimum Gasteiger partial charge on any atom is -0.382 e. The smallest absolute Gasteiger partial charge is 0.123 e. The predicted molar refractivity (Wildman–Crippen MR) is 59.1 cm³/mol. The highest BCUT2D eigenvalue weighted by Crippen LogP contribution is 2.02. The van der Waals surface area contributed by atoms with Crippen LogP contribution in [0.5, 0.6) is 0 Å². The van der Waals surface area contributed by atoms with E-state index in [-0.39, 0.29) is 0 Å². The Morgan fingerprint density at radius 1 is 1.40 bits per heavy atom. The topological polar surface area (TPSA) is 36.3 Å². The van der Waals surface area contributed by atoms with Gasteiger partial charge < -0.3 is 14.0 Å². The van der Waals surface area contributed by atoms with Crippen molar-refractivity contribution in [3.05, 3.63) is 18.2 Å². The Morgan fingerprint density at radius 3 is 3.00 bits per heavy atom. The summed E-state index contributed by atoms with van der Waals surface area (Å²) in [4.78, 5) is 4.13. The molecule has 0 spiro atoms. The fourth-order valence-corrected chi connectivity index (χ4v) is 1.48. The van der Waals surface area contributed by atoms with Gasteiger partial charge in [-0.25, -0.2) is 4.98 Å². The molecule has 1 rings (SSSR count). The zero-order valence-corrected chi connectivity index (χ0v) is 9.74. The van der Waals surface area contributed by atoms with Crippen molar-refractivity contribution in [1.82, 2.24) is 9.55 Å². The Morgan fingerprint density at radius 2 is 2.27 bits per heavy atom. The maximum Gasteiger partial charge on any atom is 0.123 e. The van der Waals surface area contributed by atoms with Crippen LogP contribution in [0, 0.1) is 0 Å². The minimum absolute atomic E-state index is 0.456. The predicted octanol–water partition coefficient (Wildman–Crippen LogP) is 1.67. The quantitative estimate of drug-likeness (QED) is 0.505. The van der Waals surface area contributed by atoms with Crippen LogP contribution in [0.2, 0.25) is 0 Å². The molecule has 0 saturated heterocycles. The van der Waals surface area contributed by atoms with E-state index in [1.54, 1.807) is 13.3 Å². The molecule has 1 heterocycles. The molecule has 1 aromatic heterocycles. The van der Waals surface area contributed by atoms with Gasteiger partial charge in [0.15, 0.2) is 0 Å². The van der Waals surface area contributed by atoms with E-state index in [1.165, 1.54) is 0 Å². The summed E-state index contributed by atoms with van der Waals surface area (Å²) in [6, 6.07) is 0. The standard InChI is InChI=1S/C10H17ClN2O2/c1-14-7-8-15-6-2-4-13-5-3-12-10(13)9-11/h3,5H,2,4,6-9H2,1H3. The molecule has 1 aromatic rings. The molecule has 86 valence electrons. The Bertz CT molecular complexity index is 266. The fourth-order valence-electron chi connectivity index (χ4n) is 1.26. The zero-order valence-electron chi connectivity index (χ0n) is 8.99. The molecule has 0 aromatic carbocycles. The lowest BCUT2D eigenvalue weighted by Gasteiger charge is -2.06. The van der Waals surface area contributed by atoms with Crippen molar-refractivity contribution >= 4 is 11.6 Å². The van der Waals surface area contributed by atoms with Crippen molar-refractivity contribution < 1.29 is 9.47 Å². The summed E-state index contributed by atoms with van der Waals surface area (Å²) in [5, 5.41) is 0. The number of aromatic nitrogens is 2. The highest BCUT2D eigenvalue weighted by Gasteiger charge is 1.99. The van der Waals surface area contributed by atoms with E-state index in [9.17, 15) is 0 Å². The largest absolute Gasteiger partial charge is 0.382 e. The van der Waals surface area contributed by atoms with Crippen molar-refractivity contribution in [2.24, 2.45) is 0 Å². The van der Waals surface area contributed by atoms with Crippen LogP contribution in [0.4, 0.5) is 0 Å². The molecule has 4 nitrogen and oxygen atoms in total. The molecule has 0 aliphatic carbocycles. The van der Waals surface area contributed by atoms with Crippen molar-refractivity contribution in [2.75, 3.05) is 26.9 Å². The van der Waals surface area contributed by atoms with Crippen LogP contribution >= 0.6 is 11.6 Å². The summed E-state index contributed by atoms with van der Waals surface area (Å²) in [5.74, 6) is 1.37. The first-order chi connectivity index (χ1) is 7.38. The maximum atomic E-state index is 5.72. The van der Waals surface area contributed by atoms with Gasteiger partial charge >= 0.3 is 0 Å². The molecule has 15 heavy (non-hydrogen) atoms. The van der Waals surface area contributed by atoms with Crippen LogP contribution in [0.15, 0.2) is 12.4 Å². The summed E-state index contributed by atoms with van der Waals surface area (Å²) >= 11 is 5.72. The third kappa shape index (κ3) is 4.64. The van der Waals surface area contributed by atoms with Gasteiger partial charge in [-0.05, 0) is 6.42 Å². The Labute approximate surface area is 95.2 Å². The number of imidazole rings is 1. The van der Waals surface area contributed by atoms with E-state index >= 15 is 0 Å². The van der Waals surface area contributed by atoms with Gasteiger partial charge in [-0.15, -0.1) is 11.6 Å². The van der Waals surface area contributed by atoms with Crippen molar-refractivity contribution in [2.45, 2.75) is 18.8 Å². The highest BCUT2D eigenvalue weighted by atomic mass is 35.5. The molecule has 0 N–H and O–H groups in total. The van der Waals surface area contributed by atoms with Crippen LogP contribution in [-0.4, -0.2) is 36.5 Å². The van der Waals surface area contributed by atoms with Crippen LogP contribution < -0.4 is 0 Å². The lowest BCUT2D eigenvalue weighted by molar-refractivity contribution is 0.0679. The number of alkyl halides is 1. The molecule has 0 radical (unpaired) electrons. The molecule has 0 aliphatic heterocycles. The summed E-state index contributed by atoms with van der Waals surface area (Å²) in [6.45, 7) is 2.94. The van der Waals surface area contributed by atoms with Crippen molar-refractivity contribution in [1.29, 1.82) is 0 Å². The second-order valence-corrected chi connectivity index (χ2v) is 3.40. The minimum atomic E-state index is 0.456. The van der Waals surface area contributed by atoms with E-state index in [0.29, 0.717) is 19.1 Å². The second kappa shape index (κ2) is 7.68. The summed E-state index contributed by atoms with van der Waals surface area (Å²) < 4.78 is 12.3. The van der Waals surface area contributed by atoms with Gasteiger partial charge in [0.05, 0.1) is 19.1 Å². The summed E-state index contributed by atoms with van der Waals surface area (Å²) in [6.07, 6.45) is 4.67. The van der Waals surface area contributed by atoms with E-state index < -0.39 is 0 Å². The van der Waals surface area contributed by atoms with E-state index in [0.717, 1.165) is 25.4 Å². The molecule has 0 unspecified atom stereocenters. The number of halogens is 1. The molecule has 0 aliphatic rings. The molecular weight excluding hydrogens is 216 g/mol. The molecule has 0 fully saturated rings. The average Bonchev–Trinajstić information content (AvgIpc) is 2.70. The summed E-state index contributed by atoms with van der Waals surface area (Å²) in [5.41, 5.74) is 0. The monoisotopic (exact) mass is 232 g/mol. The van der Waals surface area contributed by atoms with Crippen molar-refractivity contribution in [3.63, 3.8) is 0 Å². The van der Waals surface area contributed by atoms with Gasteiger partial charge in [0.25, 0.3) is 0 Å². The van der Waals surface area contributed by atoms with Crippen LogP contribution in [-0.2, 0) is 21.9 Å². The SMILES string of the molecule is COCCOCCCn1ccnc1CCl. The first-order valence-electron chi connectivity index (χ1n) is 5.01. The Kier molecular flexibility index (Phi) is 6.39. The highest BCUT2D eigenvalue weighted by molar-refractivity contribution is 6.16. The lowest BCUT2D eigenvalue weighted by Crippen LogP contribution is -2.07. The molecule has 0 saturated carbocycles. The average molecular weight is 233 g/mol. The van der Waals surface area contributed by atoms with Gasteiger partial charge in [-0.1, -0.05) is 0 Å². The number of aryl methyl sites for hydroxylation is 1. The van der Waals surface area contributed by atoms with Crippen molar-refractivity contribution in [3.8, 4) is 0 Å². The Balaban J connectivity index is 2.09. The van der Waals surface area contributed by atoms with Gasteiger partial charge in [0.2, 0.25) is 0 Å². The van der Waals surface area contributed by atoms with E-state index in [2.05, 4.69) is 4.98 Å². The zero-order chi connectivity index (χ0) is 10.9. The van der Waals surface area contributed by atoms with Gasteiger partial charge in [0.1, 0.15) is 5.82 Å².